The van der Waals surface area contributed by atoms with Crippen molar-refractivity contribution in [2.24, 2.45) is 11.7 Å². The number of amides is 1. The van der Waals surface area contributed by atoms with Crippen LogP contribution in [0.4, 0.5) is 5.69 Å². The molecular formula is C16H24N2O4. The molecule has 1 heterocycles. The first-order chi connectivity index (χ1) is 10.7. The molecule has 1 saturated heterocycles. The number of nitrogens with one attached hydrogen (secondary N) is 1. The van der Waals surface area contributed by atoms with Gasteiger partial charge in [-0.3, -0.25) is 4.79 Å². The Labute approximate surface area is 130 Å². The summed E-state index contributed by atoms with van der Waals surface area (Å²) in [5, 5.41) is 2.84. The van der Waals surface area contributed by atoms with E-state index >= 15 is 0 Å². The number of methoxy groups -OCH3 is 1. The van der Waals surface area contributed by atoms with Crippen molar-refractivity contribution in [3.05, 3.63) is 18.2 Å². The molecule has 1 atom stereocenters. The summed E-state index contributed by atoms with van der Waals surface area (Å²) in [6.07, 6.45) is 1.64. The Morgan fingerprint density at radius 1 is 1.41 bits per heavy atom. The molecule has 0 bridgehead atoms. The zero-order chi connectivity index (χ0) is 15.9. The molecule has 1 unspecified atom stereocenters. The van der Waals surface area contributed by atoms with Gasteiger partial charge >= 0.3 is 0 Å². The number of carbonyl (C=O) groups is 1. The molecule has 3 N–H and O–H groups in total. The molecule has 0 saturated carbocycles. The van der Waals surface area contributed by atoms with Gasteiger partial charge in [0, 0.05) is 25.0 Å². The van der Waals surface area contributed by atoms with Gasteiger partial charge in [-0.2, -0.15) is 0 Å². The summed E-state index contributed by atoms with van der Waals surface area (Å²) in [5.74, 6) is 1.22. The first-order valence-corrected chi connectivity index (χ1v) is 7.60. The van der Waals surface area contributed by atoms with Crippen LogP contribution in [-0.4, -0.2) is 38.9 Å². The number of carbonyl (C=O) groups excluding carboxylic acids is 1. The van der Waals surface area contributed by atoms with E-state index in [1.54, 1.807) is 25.3 Å². The average molecular weight is 308 g/mol. The summed E-state index contributed by atoms with van der Waals surface area (Å²) >= 11 is 0. The molecule has 22 heavy (non-hydrogen) atoms. The molecule has 1 fully saturated rings. The van der Waals surface area contributed by atoms with Crippen molar-refractivity contribution in [1.82, 2.24) is 0 Å². The van der Waals surface area contributed by atoms with Gasteiger partial charge in [-0.05, 0) is 37.8 Å². The summed E-state index contributed by atoms with van der Waals surface area (Å²) in [6, 6.07) is 4.76. The highest BCUT2D eigenvalue weighted by molar-refractivity contribution is 5.95. The highest BCUT2D eigenvalue weighted by Crippen LogP contribution is 2.30. The van der Waals surface area contributed by atoms with E-state index in [1.807, 2.05) is 6.92 Å². The Morgan fingerprint density at radius 3 is 2.77 bits per heavy atom. The minimum absolute atomic E-state index is 0.165. The molecule has 6 nitrogen and oxygen atoms in total. The minimum Gasteiger partial charge on any atom is -0.493 e. The van der Waals surface area contributed by atoms with Crippen molar-refractivity contribution in [3.8, 4) is 11.5 Å². The van der Waals surface area contributed by atoms with Gasteiger partial charge in [0.25, 0.3) is 0 Å². The predicted octanol–water partition coefficient (Wildman–Crippen LogP) is 1.79. The van der Waals surface area contributed by atoms with Crippen molar-refractivity contribution in [3.63, 3.8) is 0 Å². The van der Waals surface area contributed by atoms with Crippen LogP contribution in [0.1, 0.15) is 19.8 Å². The lowest BCUT2D eigenvalue weighted by Crippen LogP contribution is -2.44. The van der Waals surface area contributed by atoms with E-state index in [-0.39, 0.29) is 11.8 Å². The fraction of sp³-hybridized carbons (Fsp3) is 0.562. The smallest absolute Gasteiger partial charge is 0.241 e. The highest BCUT2D eigenvalue weighted by Gasteiger charge is 2.26. The lowest BCUT2D eigenvalue weighted by Gasteiger charge is -2.26. The quantitative estimate of drug-likeness (QED) is 0.837. The van der Waals surface area contributed by atoms with Gasteiger partial charge in [0.05, 0.1) is 19.8 Å². The number of hydrogen-bond acceptors (Lipinski definition) is 5. The van der Waals surface area contributed by atoms with Crippen LogP contribution in [-0.2, 0) is 9.53 Å². The zero-order valence-electron chi connectivity index (χ0n) is 13.1. The van der Waals surface area contributed by atoms with E-state index in [2.05, 4.69) is 5.32 Å². The highest BCUT2D eigenvalue weighted by atomic mass is 16.5. The van der Waals surface area contributed by atoms with E-state index in [4.69, 9.17) is 19.9 Å². The van der Waals surface area contributed by atoms with Crippen LogP contribution in [0, 0.1) is 5.92 Å². The molecule has 0 aliphatic carbocycles. The maximum Gasteiger partial charge on any atom is 0.241 e. The SMILES string of the molecule is CCOc1ccc(NC(=O)C(N)C2CCOCC2)cc1OC. The Morgan fingerprint density at radius 2 is 2.14 bits per heavy atom. The van der Waals surface area contributed by atoms with E-state index in [0.717, 1.165) is 12.8 Å². The maximum absolute atomic E-state index is 12.3. The largest absolute Gasteiger partial charge is 0.493 e. The summed E-state index contributed by atoms with van der Waals surface area (Å²) < 4.78 is 16.0. The molecular weight excluding hydrogens is 284 g/mol. The molecule has 0 aromatic heterocycles. The first-order valence-electron chi connectivity index (χ1n) is 7.60. The minimum atomic E-state index is -0.526. The Kier molecular flexibility index (Phi) is 6.03. The van der Waals surface area contributed by atoms with E-state index < -0.39 is 6.04 Å². The summed E-state index contributed by atoms with van der Waals surface area (Å²) in [6.45, 7) is 3.80. The normalized spacial score (nSPS) is 16.9. The third kappa shape index (κ3) is 4.11. The van der Waals surface area contributed by atoms with Gasteiger partial charge in [0.15, 0.2) is 11.5 Å². The van der Waals surface area contributed by atoms with Crippen LogP contribution in [0.3, 0.4) is 0 Å². The van der Waals surface area contributed by atoms with E-state index in [9.17, 15) is 4.79 Å². The zero-order valence-corrected chi connectivity index (χ0v) is 13.1. The third-order valence-electron chi connectivity index (χ3n) is 3.81. The van der Waals surface area contributed by atoms with E-state index in [1.165, 1.54) is 0 Å². The lowest BCUT2D eigenvalue weighted by molar-refractivity contribution is -0.119. The van der Waals surface area contributed by atoms with Crippen molar-refractivity contribution in [2.45, 2.75) is 25.8 Å². The summed E-state index contributed by atoms with van der Waals surface area (Å²) in [5.41, 5.74) is 6.71. The Bertz CT molecular complexity index is 501. The fourth-order valence-corrected chi connectivity index (χ4v) is 2.53. The molecule has 1 aliphatic rings. The second kappa shape index (κ2) is 8.00. The molecule has 2 rings (SSSR count). The standard InChI is InChI=1S/C16H24N2O4/c1-3-22-13-5-4-12(10-14(13)20-2)18-16(19)15(17)11-6-8-21-9-7-11/h4-5,10-11,15H,3,6-9,17H2,1-2H3,(H,18,19). The van der Waals surface area contributed by atoms with Gasteiger partial charge in [0.2, 0.25) is 5.91 Å². The lowest BCUT2D eigenvalue weighted by atomic mass is 9.92. The van der Waals surface area contributed by atoms with Crippen molar-refractivity contribution < 1.29 is 19.0 Å². The molecule has 122 valence electrons. The first kappa shape index (κ1) is 16.6. The molecule has 6 heteroatoms. The van der Waals surface area contributed by atoms with Crippen LogP contribution in [0.2, 0.25) is 0 Å². The molecule has 1 aliphatic heterocycles. The molecule has 0 spiro atoms. The van der Waals surface area contributed by atoms with Gasteiger partial charge in [-0.15, -0.1) is 0 Å². The van der Waals surface area contributed by atoms with Crippen molar-refractivity contribution in [1.29, 1.82) is 0 Å². The molecule has 1 amide bonds. The van der Waals surface area contributed by atoms with Gasteiger partial charge < -0.3 is 25.3 Å². The Hall–Kier alpha value is -1.79. The van der Waals surface area contributed by atoms with Crippen molar-refractivity contribution in [2.75, 3.05) is 32.2 Å². The predicted molar refractivity (Wildman–Crippen MR) is 84.3 cm³/mol. The number of ether oxygens (including phenoxy) is 3. The third-order valence-corrected chi connectivity index (χ3v) is 3.81. The number of nitrogens with two attached hydrogens (primary N) is 1. The van der Waals surface area contributed by atoms with Gasteiger partial charge in [0.1, 0.15) is 0 Å². The number of benzene rings is 1. The topological polar surface area (TPSA) is 82.8 Å². The van der Waals surface area contributed by atoms with Gasteiger partial charge in [-0.25, -0.2) is 0 Å². The van der Waals surface area contributed by atoms with Crippen molar-refractivity contribution >= 4 is 11.6 Å². The van der Waals surface area contributed by atoms with Crippen LogP contribution < -0.4 is 20.5 Å². The maximum atomic E-state index is 12.3. The molecule has 0 radical (unpaired) electrons. The van der Waals surface area contributed by atoms with Gasteiger partial charge in [-0.1, -0.05) is 0 Å². The van der Waals surface area contributed by atoms with Crippen LogP contribution in [0.5, 0.6) is 11.5 Å². The number of hydrogen-bond donors (Lipinski definition) is 2. The summed E-state index contributed by atoms with van der Waals surface area (Å²) in [4.78, 5) is 12.3. The number of anilines is 1. The fourth-order valence-electron chi connectivity index (χ4n) is 2.53. The second-order valence-electron chi connectivity index (χ2n) is 5.26. The monoisotopic (exact) mass is 308 g/mol. The summed E-state index contributed by atoms with van der Waals surface area (Å²) in [7, 11) is 1.57. The Balaban J connectivity index is 2.01. The molecule has 1 aromatic carbocycles. The second-order valence-corrected chi connectivity index (χ2v) is 5.26. The molecule has 1 aromatic rings. The van der Waals surface area contributed by atoms with Crippen LogP contribution >= 0.6 is 0 Å². The number of rotatable bonds is 6. The van der Waals surface area contributed by atoms with Crippen LogP contribution in [0.25, 0.3) is 0 Å². The average Bonchev–Trinajstić information content (AvgIpc) is 2.56. The van der Waals surface area contributed by atoms with Crippen LogP contribution in [0.15, 0.2) is 18.2 Å². The van der Waals surface area contributed by atoms with E-state index in [0.29, 0.717) is 37.0 Å².